The highest BCUT2D eigenvalue weighted by molar-refractivity contribution is 6.21. The SMILES string of the molecule is FC(F)(F)Cn1nc[c]c1C(F)(F)Cl. The molecule has 2 nitrogen and oxygen atoms in total. The zero-order valence-electron chi connectivity index (χ0n) is 6.45. The first-order chi connectivity index (χ1) is 6.20. The summed E-state index contributed by atoms with van der Waals surface area (Å²) in [6.45, 7) is -1.62. The van der Waals surface area contributed by atoms with Crippen LogP contribution in [0.5, 0.6) is 0 Å². The molecule has 1 heterocycles. The number of hydrogen-bond donors (Lipinski definition) is 0. The standard InChI is InChI=1S/C6H3ClF5N2/c7-6(11,12)4-1-2-13-14(4)3-5(8,9)10/h2H,3H2. The highest BCUT2D eigenvalue weighted by Gasteiger charge is 2.36. The minimum absolute atomic E-state index is 0.0625. The molecule has 0 aliphatic heterocycles. The van der Waals surface area contributed by atoms with Crippen molar-refractivity contribution in [1.29, 1.82) is 0 Å². The van der Waals surface area contributed by atoms with Crippen LogP contribution in [0.1, 0.15) is 5.69 Å². The summed E-state index contributed by atoms with van der Waals surface area (Å²) in [6, 6.07) is 1.84. The van der Waals surface area contributed by atoms with Crippen molar-refractivity contribution in [1.82, 2.24) is 9.78 Å². The van der Waals surface area contributed by atoms with Crippen LogP contribution >= 0.6 is 11.6 Å². The maximum atomic E-state index is 12.4. The first-order valence-electron chi connectivity index (χ1n) is 3.27. The molecule has 79 valence electrons. The predicted octanol–water partition coefficient (Wildman–Crippen LogP) is 2.53. The summed E-state index contributed by atoms with van der Waals surface area (Å²) in [7, 11) is 0. The van der Waals surface area contributed by atoms with Crippen LogP contribution in [-0.4, -0.2) is 16.0 Å². The van der Waals surface area contributed by atoms with Crippen LogP contribution in [0.15, 0.2) is 6.20 Å². The summed E-state index contributed by atoms with van der Waals surface area (Å²) in [4.78, 5) is 0. The first-order valence-corrected chi connectivity index (χ1v) is 3.65. The van der Waals surface area contributed by atoms with Gasteiger partial charge in [0.05, 0.1) is 6.20 Å². The Bertz CT molecular complexity index is 313. The lowest BCUT2D eigenvalue weighted by atomic mass is 10.4. The van der Waals surface area contributed by atoms with Gasteiger partial charge in [-0.05, 0) is 11.6 Å². The Labute approximate surface area is 80.3 Å². The molecule has 1 radical (unpaired) electrons. The number of halogens is 6. The van der Waals surface area contributed by atoms with Crippen molar-refractivity contribution < 1.29 is 22.0 Å². The van der Waals surface area contributed by atoms with Gasteiger partial charge >= 0.3 is 11.6 Å². The molecule has 0 aliphatic rings. The van der Waals surface area contributed by atoms with E-state index in [2.05, 4.69) is 16.7 Å². The van der Waals surface area contributed by atoms with Gasteiger partial charge in [0, 0.05) is 6.07 Å². The van der Waals surface area contributed by atoms with E-state index in [4.69, 9.17) is 0 Å². The van der Waals surface area contributed by atoms with Crippen molar-refractivity contribution in [2.45, 2.75) is 18.1 Å². The van der Waals surface area contributed by atoms with E-state index in [1.165, 1.54) is 0 Å². The Morgan fingerprint density at radius 3 is 2.36 bits per heavy atom. The summed E-state index contributed by atoms with van der Waals surface area (Å²) in [5, 5.41) is -0.856. The fourth-order valence-corrected chi connectivity index (χ4v) is 0.962. The molecule has 1 aromatic rings. The van der Waals surface area contributed by atoms with E-state index in [9.17, 15) is 22.0 Å². The zero-order valence-corrected chi connectivity index (χ0v) is 7.20. The summed E-state index contributed by atoms with van der Waals surface area (Å²) in [5.41, 5.74) is -1.10. The van der Waals surface area contributed by atoms with E-state index in [1.54, 1.807) is 0 Å². The Morgan fingerprint density at radius 2 is 1.93 bits per heavy atom. The van der Waals surface area contributed by atoms with Crippen molar-refractivity contribution in [3.63, 3.8) is 0 Å². The Hall–Kier alpha value is -0.850. The Morgan fingerprint density at radius 1 is 1.36 bits per heavy atom. The maximum Gasteiger partial charge on any atom is 0.408 e. The summed E-state index contributed by atoms with van der Waals surface area (Å²) >= 11 is 4.54. The van der Waals surface area contributed by atoms with E-state index in [1.807, 2.05) is 6.07 Å². The maximum absolute atomic E-state index is 12.4. The van der Waals surface area contributed by atoms with Crippen LogP contribution in [0.4, 0.5) is 22.0 Å². The lowest BCUT2D eigenvalue weighted by Gasteiger charge is -2.12. The van der Waals surface area contributed by atoms with Gasteiger partial charge in [-0.2, -0.15) is 27.1 Å². The molecular formula is C6H3ClF5N2. The van der Waals surface area contributed by atoms with Crippen molar-refractivity contribution in [2.75, 3.05) is 0 Å². The molecule has 0 atom stereocenters. The molecule has 0 aliphatic carbocycles. The average molecular weight is 234 g/mol. The average Bonchev–Trinajstić information content (AvgIpc) is 2.29. The van der Waals surface area contributed by atoms with Crippen molar-refractivity contribution in [2.24, 2.45) is 0 Å². The van der Waals surface area contributed by atoms with E-state index in [0.717, 1.165) is 0 Å². The molecule has 0 N–H and O–H groups in total. The summed E-state index contributed by atoms with van der Waals surface area (Å²) < 4.78 is 60.4. The van der Waals surface area contributed by atoms with Crippen LogP contribution in [0.25, 0.3) is 0 Å². The number of rotatable bonds is 2. The van der Waals surface area contributed by atoms with Gasteiger partial charge in [0.2, 0.25) is 0 Å². The fraction of sp³-hybridized carbons (Fsp3) is 0.500. The van der Waals surface area contributed by atoms with Gasteiger partial charge in [-0.1, -0.05) is 0 Å². The van der Waals surface area contributed by atoms with Crippen molar-refractivity contribution in [3.8, 4) is 0 Å². The lowest BCUT2D eigenvalue weighted by molar-refractivity contribution is -0.144. The fourth-order valence-electron chi connectivity index (χ4n) is 0.810. The van der Waals surface area contributed by atoms with Gasteiger partial charge in [-0.15, -0.1) is 0 Å². The van der Waals surface area contributed by atoms with Crippen LogP contribution in [0.2, 0.25) is 0 Å². The number of alkyl halides is 6. The first kappa shape index (κ1) is 11.2. The number of aromatic nitrogens is 2. The highest BCUT2D eigenvalue weighted by Crippen LogP contribution is 2.32. The molecule has 1 aromatic heterocycles. The molecule has 8 heteroatoms. The Kier molecular flexibility index (Phi) is 2.71. The molecule has 14 heavy (non-hydrogen) atoms. The van der Waals surface area contributed by atoms with Gasteiger partial charge in [-0.25, -0.2) is 0 Å². The third-order valence-corrected chi connectivity index (χ3v) is 1.43. The highest BCUT2D eigenvalue weighted by atomic mass is 35.5. The molecule has 0 aromatic carbocycles. The molecule has 0 saturated heterocycles. The van der Waals surface area contributed by atoms with Crippen LogP contribution < -0.4 is 0 Å². The van der Waals surface area contributed by atoms with E-state index < -0.39 is 23.8 Å². The zero-order chi connectivity index (χ0) is 11.0. The monoisotopic (exact) mass is 233 g/mol. The van der Waals surface area contributed by atoms with Crippen LogP contribution in [-0.2, 0) is 11.9 Å². The molecule has 0 bridgehead atoms. The largest absolute Gasteiger partial charge is 0.408 e. The van der Waals surface area contributed by atoms with Crippen LogP contribution in [0, 0.1) is 6.07 Å². The molecule has 0 spiro atoms. The quantitative estimate of drug-likeness (QED) is 0.567. The van der Waals surface area contributed by atoms with E-state index in [0.29, 0.717) is 6.20 Å². The molecular weight excluding hydrogens is 231 g/mol. The molecule has 0 fully saturated rings. The summed E-state index contributed by atoms with van der Waals surface area (Å²) in [6.07, 6.45) is -3.92. The lowest BCUT2D eigenvalue weighted by Crippen LogP contribution is -2.23. The molecule has 0 saturated carbocycles. The van der Waals surface area contributed by atoms with E-state index >= 15 is 0 Å². The normalized spacial score (nSPS) is 13.3. The van der Waals surface area contributed by atoms with Gasteiger partial charge in [-0.3, -0.25) is 4.68 Å². The van der Waals surface area contributed by atoms with Crippen LogP contribution in [0.3, 0.4) is 0 Å². The van der Waals surface area contributed by atoms with Gasteiger partial charge in [0.15, 0.2) is 0 Å². The molecule has 0 amide bonds. The number of nitrogens with zero attached hydrogens (tertiary/aromatic N) is 2. The topological polar surface area (TPSA) is 17.8 Å². The minimum Gasteiger partial charge on any atom is -0.252 e. The van der Waals surface area contributed by atoms with Gasteiger partial charge < -0.3 is 0 Å². The second kappa shape index (κ2) is 3.38. The third kappa shape index (κ3) is 2.83. The van der Waals surface area contributed by atoms with Gasteiger partial charge in [0.1, 0.15) is 12.2 Å². The second-order valence-corrected chi connectivity index (χ2v) is 2.88. The Balaban J connectivity index is 2.95. The third-order valence-electron chi connectivity index (χ3n) is 1.25. The second-order valence-electron chi connectivity index (χ2n) is 2.41. The smallest absolute Gasteiger partial charge is 0.252 e. The summed E-state index contributed by atoms with van der Waals surface area (Å²) in [5.74, 6) is 0. The molecule has 0 unspecified atom stereocenters. The minimum atomic E-state index is -4.63. The van der Waals surface area contributed by atoms with Gasteiger partial charge in [0.25, 0.3) is 0 Å². The van der Waals surface area contributed by atoms with Crippen molar-refractivity contribution in [3.05, 3.63) is 18.0 Å². The van der Waals surface area contributed by atoms with E-state index in [-0.39, 0.29) is 4.68 Å². The molecule has 1 rings (SSSR count). The predicted molar refractivity (Wildman–Crippen MR) is 36.9 cm³/mol. The van der Waals surface area contributed by atoms with Crippen molar-refractivity contribution >= 4 is 11.6 Å². The number of hydrogen-bond acceptors (Lipinski definition) is 1.